The number of carbonyl (C=O) groups is 1. The fourth-order valence-electron chi connectivity index (χ4n) is 3.70. The van der Waals surface area contributed by atoms with E-state index in [-0.39, 0.29) is 5.91 Å². The highest BCUT2D eigenvalue weighted by Gasteiger charge is 2.39. The van der Waals surface area contributed by atoms with Gasteiger partial charge in [0, 0.05) is 36.7 Å². The molecule has 3 rings (SSSR count). The van der Waals surface area contributed by atoms with Crippen molar-refractivity contribution in [1.29, 1.82) is 0 Å². The number of likely N-dealkylation sites (tertiary alicyclic amines) is 1. The Hall–Kier alpha value is -1.85. The third-order valence-corrected chi connectivity index (χ3v) is 4.84. The molecule has 1 amide bonds. The summed E-state index contributed by atoms with van der Waals surface area (Å²) in [5, 5.41) is 11.7. The van der Waals surface area contributed by atoms with Crippen LogP contribution >= 0.6 is 0 Å². The lowest BCUT2D eigenvalue weighted by Gasteiger charge is -2.26. The van der Waals surface area contributed by atoms with E-state index in [1.54, 1.807) is 4.90 Å². The Morgan fingerprint density at radius 1 is 1.35 bits per heavy atom. The number of rotatable bonds is 3. The zero-order valence-electron chi connectivity index (χ0n) is 14.3. The van der Waals surface area contributed by atoms with Crippen LogP contribution in [0.2, 0.25) is 0 Å². The molecule has 1 atom stereocenters. The minimum atomic E-state index is -0.808. The third kappa shape index (κ3) is 2.75. The van der Waals surface area contributed by atoms with E-state index in [4.69, 9.17) is 0 Å². The molecule has 0 bridgehead atoms. The number of amides is 1. The molecule has 0 aliphatic carbocycles. The third-order valence-electron chi connectivity index (χ3n) is 4.84. The van der Waals surface area contributed by atoms with Gasteiger partial charge in [0.2, 0.25) is 0 Å². The minimum Gasteiger partial charge on any atom is -0.387 e. The first kappa shape index (κ1) is 16.0. The lowest BCUT2D eigenvalue weighted by Crippen LogP contribution is -2.43. The average molecular weight is 315 g/mol. The summed E-state index contributed by atoms with van der Waals surface area (Å²) < 4.78 is 2.06. The molecule has 0 unspecified atom stereocenters. The molecule has 1 saturated heterocycles. The van der Waals surface area contributed by atoms with E-state index in [2.05, 4.69) is 4.57 Å². The molecule has 124 valence electrons. The molecule has 2 heterocycles. The monoisotopic (exact) mass is 315 g/mol. The van der Waals surface area contributed by atoms with Gasteiger partial charge in [-0.25, -0.2) is 0 Å². The Morgan fingerprint density at radius 2 is 2.04 bits per heavy atom. The molecule has 1 aliphatic rings. The smallest absolute Gasteiger partial charge is 0.256 e. The molecule has 23 heavy (non-hydrogen) atoms. The molecule has 1 aliphatic heterocycles. The van der Waals surface area contributed by atoms with Gasteiger partial charge in [-0.3, -0.25) is 4.79 Å². The maximum atomic E-state index is 13.1. The topological polar surface area (TPSA) is 48.7 Å². The molecular weight excluding hydrogens is 290 g/mol. The summed E-state index contributed by atoms with van der Waals surface area (Å²) >= 11 is 0. The molecule has 0 saturated carbocycles. The Labute approximate surface area is 137 Å². The number of para-hydroxylation sites is 1. The van der Waals surface area contributed by atoms with Gasteiger partial charge < -0.3 is 19.5 Å². The van der Waals surface area contributed by atoms with E-state index in [1.165, 1.54) is 0 Å². The fourth-order valence-corrected chi connectivity index (χ4v) is 3.70. The first-order chi connectivity index (χ1) is 10.8. The van der Waals surface area contributed by atoms with Gasteiger partial charge in [0.1, 0.15) is 0 Å². The minimum absolute atomic E-state index is 0.0222. The van der Waals surface area contributed by atoms with Crippen molar-refractivity contribution in [2.45, 2.75) is 18.9 Å². The van der Waals surface area contributed by atoms with E-state index in [9.17, 15) is 9.90 Å². The van der Waals surface area contributed by atoms with Gasteiger partial charge in [0.25, 0.3) is 5.91 Å². The van der Waals surface area contributed by atoms with Crippen molar-refractivity contribution in [3.8, 4) is 0 Å². The molecule has 2 aromatic rings. The van der Waals surface area contributed by atoms with E-state index in [0.717, 1.165) is 22.2 Å². The predicted octanol–water partition coefficient (Wildman–Crippen LogP) is 1.63. The molecule has 5 nitrogen and oxygen atoms in total. The Morgan fingerprint density at radius 3 is 2.74 bits per heavy atom. The molecule has 0 radical (unpaired) electrons. The maximum absolute atomic E-state index is 13.1. The summed E-state index contributed by atoms with van der Waals surface area (Å²) in [5.74, 6) is 0.0222. The Bertz CT molecular complexity index is 750. The number of nitrogens with zero attached hydrogens (tertiary/aromatic N) is 3. The van der Waals surface area contributed by atoms with Crippen molar-refractivity contribution in [2.75, 3.05) is 33.7 Å². The van der Waals surface area contributed by atoms with Gasteiger partial charge >= 0.3 is 0 Å². The molecule has 1 fully saturated rings. The van der Waals surface area contributed by atoms with Crippen molar-refractivity contribution >= 4 is 16.8 Å². The molecule has 1 N–H and O–H groups in total. The summed E-state index contributed by atoms with van der Waals surface area (Å²) in [7, 11) is 5.87. The number of β-amino-alcohol motifs (C(OH)–C–C–N with tert-alkyl or cyclic N) is 1. The fraction of sp³-hybridized carbons (Fsp3) is 0.500. The van der Waals surface area contributed by atoms with Crippen LogP contribution in [-0.2, 0) is 7.05 Å². The van der Waals surface area contributed by atoms with Crippen LogP contribution in [0.25, 0.3) is 10.9 Å². The standard InChI is InChI=1S/C18H25N3O2/c1-13-16(14-7-5-6-8-15(14)20(13)4)17(22)21-10-9-18(23,12-21)11-19(2)3/h5-8,23H,9-12H2,1-4H3/t18-/m0/s1. The second-order valence-electron chi connectivity index (χ2n) is 6.98. The van der Waals surface area contributed by atoms with Crippen molar-refractivity contribution < 1.29 is 9.90 Å². The van der Waals surface area contributed by atoms with E-state index >= 15 is 0 Å². The molecule has 5 heteroatoms. The van der Waals surface area contributed by atoms with Crippen molar-refractivity contribution in [1.82, 2.24) is 14.4 Å². The van der Waals surface area contributed by atoms with Crippen molar-refractivity contribution in [2.24, 2.45) is 7.05 Å². The first-order valence-electron chi connectivity index (χ1n) is 8.03. The largest absolute Gasteiger partial charge is 0.387 e. The second kappa shape index (κ2) is 5.65. The zero-order chi connectivity index (χ0) is 16.8. The predicted molar refractivity (Wildman–Crippen MR) is 91.7 cm³/mol. The number of likely N-dealkylation sites (N-methyl/N-ethyl adjacent to an activating group) is 1. The zero-order valence-corrected chi connectivity index (χ0v) is 14.3. The van der Waals surface area contributed by atoms with Crippen LogP contribution in [-0.4, -0.2) is 64.7 Å². The van der Waals surface area contributed by atoms with Crippen LogP contribution < -0.4 is 0 Å². The molecular formula is C18H25N3O2. The summed E-state index contributed by atoms with van der Waals surface area (Å²) in [6.45, 7) is 3.55. The van der Waals surface area contributed by atoms with Crippen molar-refractivity contribution in [3.05, 3.63) is 35.5 Å². The highest BCUT2D eigenvalue weighted by molar-refractivity contribution is 6.08. The molecule has 1 aromatic carbocycles. The number of fused-ring (bicyclic) bond motifs is 1. The van der Waals surface area contributed by atoms with E-state index < -0.39 is 5.60 Å². The summed E-state index contributed by atoms with van der Waals surface area (Å²) in [6, 6.07) is 7.98. The number of aryl methyl sites for hydroxylation is 1. The number of benzene rings is 1. The Balaban J connectivity index is 1.92. The Kier molecular flexibility index (Phi) is 3.94. The average Bonchev–Trinajstić information content (AvgIpc) is 2.98. The normalized spacial score (nSPS) is 21.6. The van der Waals surface area contributed by atoms with E-state index in [0.29, 0.717) is 26.1 Å². The molecule has 0 spiro atoms. The number of aromatic nitrogens is 1. The highest BCUT2D eigenvalue weighted by Crippen LogP contribution is 2.29. The number of hydrogen-bond acceptors (Lipinski definition) is 3. The summed E-state index contributed by atoms with van der Waals surface area (Å²) in [4.78, 5) is 16.8. The van der Waals surface area contributed by atoms with Crippen molar-refractivity contribution in [3.63, 3.8) is 0 Å². The van der Waals surface area contributed by atoms with Gasteiger partial charge in [-0.15, -0.1) is 0 Å². The van der Waals surface area contributed by atoms with Crippen LogP contribution in [0.1, 0.15) is 22.5 Å². The number of carbonyl (C=O) groups excluding carboxylic acids is 1. The van der Waals surface area contributed by atoms with Crippen LogP contribution in [0.3, 0.4) is 0 Å². The second-order valence-corrected chi connectivity index (χ2v) is 6.98. The number of hydrogen-bond donors (Lipinski definition) is 1. The SMILES string of the molecule is Cc1c(C(=O)N2CC[C@](O)(CN(C)C)C2)c2ccccc2n1C. The summed E-state index contributed by atoms with van der Waals surface area (Å²) in [5.41, 5.74) is 1.99. The van der Waals surface area contributed by atoms with Gasteiger partial charge in [-0.1, -0.05) is 18.2 Å². The summed E-state index contributed by atoms with van der Waals surface area (Å²) in [6.07, 6.45) is 0.626. The maximum Gasteiger partial charge on any atom is 0.256 e. The van der Waals surface area contributed by atoms with Crippen LogP contribution in [0.15, 0.2) is 24.3 Å². The van der Waals surface area contributed by atoms with Gasteiger partial charge in [-0.2, -0.15) is 0 Å². The van der Waals surface area contributed by atoms with Crippen LogP contribution in [0.5, 0.6) is 0 Å². The van der Waals surface area contributed by atoms with E-state index in [1.807, 2.05) is 57.2 Å². The number of aliphatic hydroxyl groups is 1. The molecule has 1 aromatic heterocycles. The van der Waals surface area contributed by atoms with Crippen LogP contribution in [0.4, 0.5) is 0 Å². The van der Waals surface area contributed by atoms with Crippen LogP contribution in [0, 0.1) is 6.92 Å². The van der Waals surface area contributed by atoms with Gasteiger partial charge in [-0.05, 0) is 33.5 Å². The highest BCUT2D eigenvalue weighted by atomic mass is 16.3. The quantitative estimate of drug-likeness (QED) is 0.936. The first-order valence-corrected chi connectivity index (χ1v) is 8.03. The lowest BCUT2D eigenvalue weighted by atomic mass is 10.0. The van der Waals surface area contributed by atoms with Gasteiger partial charge in [0.05, 0.1) is 17.7 Å². The lowest BCUT2D eigenvalue weighted by molar-refractivity contribution is 0.0236. The van der Waals surface area contributed by atoms with Gasteiger partial charge in [0.15, 0.2) is 0 Å².